The molecule has 1 aromatic rings. The molecular weight excluding hydrogens is 304 g/mol. The van der Waals surface area contributed by atoms with E-state index in [4.69, 9.17) is 0 Å². The second-order valence-corrected chi connectivity index (χ2v) is 7.84. The van der Waals surface area contributed by atoms with Gasteiger partial charge in [-0.1, -0.05) is 20.8 Å². The molecule has 2 atom stereocenters. The summed E-state index contributed by atoms with van der Waals surface area (Å²) in [6.07, 6.45) is 4.50. The van der Waals surface area contributed by atoms with Crippen molar-refractivity contribution in [3.8, 4) is 0 Å². The van der Waals surface area contributed by atoms with Gasteiger partial charge in [-0.05, 0) is 58.2 Å². The van der Waals surface area contributed by atoms with Crippen LogP contribution < -0.4 is 5.32 Å². The van der Waals surface area contributed by atoms with Gasteiger partial charge >= 0.3 is 0 Å². The molecule has 0 spiro atoms. The van der Waals surface area contributed by atoms with E-state index in [0.29, 0.717) is 0 Å². The Bertz CT molecular complexity index is 432. The standard InChI is InChI=1S/C15H23BrN2O/c1-14(2)6-12(19)7-15(3,9-14)10-18-13-5-4-11(16)8-17-13/h4-5,8,12,19H,6-7,9-10H2,1-3H3,(H,17,18). The fraction of sp³-hybridized carbons (Fsp3) is 0.667. The van der Waals surface area contributed by atoms with Gasteiger partial charge in [-0.25, -0.2) is 4.98 Å². The highest BCUT2D eigenvalue weighted by Crippen LogP contribution is 2.46. The maximum atomic E-state index is 10.1. The Morgan fingerprint density at radius 2 is 2.11 bits per heavy atom. The minimum atomic E-state index is -0.187. The number of pyridine rings is 1. The van der Waals surface area contributed by atoms with Crippen LogP contribution in [-0.4, -0.2) is 22.7 Å². The van der Waals surface area contributed by atoms with Gasteiger partial charge in [-0.2, -0.15) is 0 Å². The number of nitrogens with one attached hydrogen (secondary N) is 1. The van der Waals surface area contributed by atoms with E-state index >= 15 is 0 Å². The predicted molar refractivity (Wildman–Crippen MR) is 82.2 cm³/mol. The Morgan fingerprint density at radius 3 is 2.68 bits per heavy atom. The van der Waals surface area contributed by atoms with Crippen molar-refractivity contribution in [1.29, 1.82) is 0 Å². The molecule has 2 N–H and O–H groups in total. The second kappa shape index (κ2) is 5.41. The Kier molecular flexibility index (Phi) is 4.21. The van der Waals surface area contributed by atoms with Crippen LogP contribution in [0.4, 0.5) is 5.82 Å². The number of hydrogen-bond acceptors (Lipinski definition) is 3. The van der Waals surface area contributed by atoms with Crippen molar-refractivity contribution in [1.82, 2.24) is 4.98 Å². The summed E-state index contributed by atoms with van der Waals surface area (Å²) in [4.78, 5) is 4.33. The minimum Gasteiger partial charge on any atom is -0.393 e. The fourth-order valence-electron chi connectivity index (χ4n) is 3.50. The highest BCUT2D eigenvalue weighted by Gasteiger charge is 2.40. The van der Waals surface area contributed by atoms with Crippen molar-refractivity contribution in [3.05, 3.63) is 22.8 Å². The molecule has 1 saturated carbocycles. The second-order valence-electron chi connectivity index (χ2n) is 6.93. The monoisotopic (exact) mass is 326 g/mol. The van der Waals surface area contributed by atoms with Crippen LogP contribution in [0.5, 0.6) is 0 Å². The van der Waals surface area contributed by atoms with Crippen LogP contribution in [0.3, 0.4) is 0 Å². The SMILES string of the molecule is CC1(C)CC(O)CC(C)(CNc2ccc(Br)cn2)C1. The number of aliphatic hydroxyl groups excluding tert-OH is 1. The van der Waals surface area contributed by atoms with Gasteiger partial charge in [0.1, 0.15) is 5.82 Å². The summed E-state index contributed by atoms with van der Waals surface area (Å²) in [7, 11) is 0. The van der Waals surface area contributed by atoms with E-state index in [2.05, 4.69) is 47.0 Å². The first-order valence-corrected chi connectivity index (χ1v) is 7.61. The minimum absolute atomic E-state index is 0.121. The molecule has 1 fully saturated rings. The largest absolute Gasteiger partial charge is 0.393 e. The number of anilines is 1. The van der Waals surface area contributed by atoms with Crippen LogP contribution >= 0.6 is 15.9 Å². The summed E-state index contributed by atoms with van der Waals surface area (Å²) in [6.45, 7) is 7.59. The molecule has 19 heavy (non-hydrogen) atoms. The first-order chi connectivity index (χ1) is 8.78. The topological polar surface area (TPSA) is 45.1 Å². The van der Waals surface area contributed by atoms with Gasteiger partial charge in [0.05, 0.1) is 6.10 Å². The number of nitrogens with zero attached hydrogens (tertiary/aromatic N) is 1. The molecule has 3 nitrogen and oxygen atoms in total. The van der Waals surface area contributed by atoms with Crippen LogP contribution in [0.1, 0.15) is 40.0 Å². The van der Waals surface area contributed by atoms with E-state index in [1.54, 1.807) is 6.20 Å². The van der Waals surface area contributed by atoms with Gasteiger partial charge < -0.3 is 10.4 Å². The molecule has 0 aromatic carbocycles. The Morgan fingerprint density at radius 1 is 1.37 bits per heavy atom. The molecule has 1 aliphatic carbocycles. The molecule has 1 heterocycles. The maximum Gasteiger partial charge on any atom is 0.125 e. The third-order valence-electron chi connectivity index (χ3n) is 3.85. The first-order valence-electron chi connectivity index (χ1n) is 6.82. The Balaban J connectivity index is 1.99. The molecule has 0 aliphatic heterocycles. The van der Waals surface area contributed by atoms with E-state index in [-0.39, 0.29) is 16.9 Å². The summed E-state index contributed by atoms with van der Waals surface area (Å²) in [6, 6.07) is 3.95. The van der Waals surface area contributed by atoms with Crippen LogP contribution in [0.15, 0.2) is 22.8 Å². The molecule has 0 radical (unpaired) electrons. The van der Waals surface area contributed by atoms with Crippen molar-refractivity contribution in [2.75, 3.05) is 11.9 Å². The molecule has 0 bridgehead atoms. The number of halogens is 1. The van der Waals surface area contributed by atoms with Crippen molar-refractivity contribution < 1.29 is 5.11 Å². The smallest absolute Gasteiger partial charge is 0.125 e. The fourth-order valence-corrected chi connectivity index (χ4v) is 3.73. The quantitative estimate of drug-likeness (QED) is 0.887. The van der Waals surface area contributed by atoms with Crippen molar-refractivity contribution in [3.63, 3.8) is 0 Å². The van der Waals surface area contributed by atoms with Crippen molar-refractivity contribution in [2.24, 2.45) is 10.8 Å². The lowest BCUT2D eigenvalue weighted by atomic mass is 9.63. The van der Waals surface area contributed by atoms with E-state index in [0.717, 1.165) is 36.1 Å². The van der Waals surface area contributed by atoms with Gasteiger partial charge in [0.25, 0.3) is 0 Å². The molecule has 2 unspecified atom stereocenters. The molecule has 0 saturated heterocycles. The number of aromatic nitrogens is 1. The van der Waals surface area contributed by atoms with Gasteiger partial charge in [0, 0.05) is 17.2 Å². The van der Waals surface area contributed by atoms with E-state index in [9.17, 15) is 5.11 Å². The molecule has 1 aliphatic rings. The summed E-state index contributed by atoms with van der Waals surface area (Å²) in [5.41, 5.74) is 0.331. The molecule has 1 aromatic heterocycles. The lowest BCUT2D eigenvalue weighted by molar-refractivity contribution is -0.00320. The lowest BCUT2D eigenvalue weighted by Gasteiger charge is -2.45. The van der Waals surface area contributed by atoms with Gasteiger partial charge in [-0.15, -0.1) is 0 Å². The van der Waals surface area contributed by atoms with E-state index in [1.807, 2.05) is 12.1 Å². The number of hydrogen-bond donors (Lipinski definition) is 2. The zero-order valence-electron chi connectivity index (χ0n) is 11.9. The summed E-state index contributed by atoms with van der Waals surface area (Å²) < 4.78 is 0.985. The van der Waals surface area contributed by atoms with Crippen molar-refractivity contribution in [2.45, 2.75) is 46.1 Å². The third-order valence-corrected chi connectivity index (χ3v) is 4.31. The van der Waals surface area contributed by atoms with Crippen molar-refractivity contribution >= 4 is 21.7 Å². The van der Waals surface area contributed by atoms with Gasteiger partial charge in [0.2, 0.25) is 0 Å². The maximum absolute atomic E-state index is 10.1. The van der Waals surface area contributed by atoms with Crippen LogP contribution in [-0.2, 0) is 0 Å². The molecule has 106 valence electrons. The average Bonchev–Trinajstić information content (AvgIpc) is 2.25. The highest BCUT2D eigenvalue weighted by atomic mass is 79.9. The normalized spacial score (nSPS) is 30.1. The summed E-state index contributed by atoms with van der Waals surface area (Å²) >= 11 is 3.38. The van der Waals surface area contributed by atoms with Gasteiger partial charge in [-0.3, -0.25) is 0 Å². The van der Waals surface area contributed by atoms with E-state index < -0.39 is 0 Å². The van der Waals surface area contributed by atoms with Crippen LogP contribution in [0.25, 0.3) is 0 Å². The van der Waals surface area contributed by atoms with Crippen LogP contribution in [0.2, 0.25) is 0 Å². The Hall–Kier alpha value is -0.610. The summed E-state index contributed by atoms with van der Waals surface area (Å²) in [5.74, 6) is 0.891. The predicted octanol–water partition coefficient (Wildman–Crippen LogP) is 3.83. The third kappa shape index (κ3) is 4.18. The lowest BCUT2D eigenvalue weighted by Crippen LogP contribution is -2.42. The summed E-state index contributed by atoms with van der Waals surface area (Å²) in [5, 5.41) is 13.5. The molecule has 4 heteroatoms. The zero-order valence-corrected chi connectivity index (χ0v) is 13.5. The first kappa shape index (κ1) is 14.8. The van der Waals surface area contributed by atoms with Gasteiger partial charge in [0.15, 0.2) is 0 Å². The Labute approximate surface area is 124 Å². The highest BCUT2D eigenvalue weighted by molar-refractivity contribution is 9.10. The zero-order chi connectivity index (χ0) is 14.1. The molecule has 0 amide bonds. The number of aliphatic hydroxyl groups is 1. The molecular formula is C15H23BrN2O. The molecule has 2 rings (SSSR count). The van der Waals surface area contributed by atoms with Crippen LogP contribution in [0, 0.1) is 10.8 Å². The average molecular weight is 327 g/mol. The number of rotatable bonds is 3. The van der Waals surface area contributed by atoms with E-state index in [1.165, 1.54) is 0 Å².